The maximum atomic E-state index is 12.7. The average molecular weight is 514 g/mol. The summed E-state index contributed by atoms with van der Waals surface area (Å²) in [7, 11) is 1.57. The van der Waals surface area contributed by atoms with Crippen molar-refractivity contribution in [2.45, 2.75) is 26.2 Å². The van der Waals surface area contributed by atoms with E-state index in [1.165, 1.54) is 18.4 Å². The van der Waals surface area contributed by atoms with Crippen molar-refractivity contribution in [2.24, 2.45) is 0 Å². The van der Waals surface area contributed by atoms with Crippen LogP contribution in [0.2, 0.25) is 5.02 Å². The van der Waals surface area contributed by atoms with Crippen molar-refractivity contribution in [1.82, 2.24) is 15.0 Å². The van der Waals surface area contributed by atoms with Gasteiger partial charge in [-0.1, -0.05) is 37.1 Å². The van der Waals surface area contributed by atoms with Gasteiger partial charge in [0.25, 0.3) is 5.91 Å². The number of carbonyl (C=O) groups excluding carboxylic acids is 1. The normalized spacial score (nSPS) is 11.0. The lowest BCUT2D eigenvalue weighted by Crippen LogP contribution is -2.12. The molecule has 0 bridgehead atoms. The third kappa shape index (κ3) is 4.79. The van der Waals surface area contributed by atoms with Gasteiger partial charge in [-0.3, -0.25) is 4.79 Å². The highest BCUT2D eigenvalue weighted by Crippen LogP contribution is 2.29. The fourth-order valence-corrected chi connectivity index (χ4v) is 4.07. The average Bonchev–Trinajstić information content (AvgIpc) is 3.20. The number of hydrogen-bond donors (Lipinski definition) is 1. The molecular weight excluding hydrogens is 492 g/mol. The number of fused-ring (bicyclic) bond motifs is 1. The summed E-state index contributed by atoms with van der Waals surface area (Å²) in [5.74, 6) is 0.362. The molecule has 0 saturated carbocycles. The molecule has 164 valence electrons. The lowest BCUT2D eigenvalue weighted by Gasteiger charge is -2.09. The first kappa shape index (κ1) is 22.3. The van der Waals surface area contributed by atoms with Gasteiger partial charge >= 0.3 is 0 Å². The minimum atomic E-state index is -0.287. The monoisotopic (exact) mass is 512 g/mol. The first-order valence-electron chi connectivity index (χ1n) is 10.3. The van der Waals surface area contributed by atoms with Crippen molar-refractivity contribution < 1.29 is 9.53 Å². The van der Waals surface area contributed by atoms with Gasteiger partial charge in [0, 0.05) is 5.56 Å². The lowest BCUT2D eigenvalue weighted by molar-refractivity contribution is 0.102. The van der Waals surface area contributed by atoms with Gasteiger partial charge in [0.05, 0.1) is 28.0 Å². The maximum absolute atomic E-state index is 12.7. The summed E-state index contributed by atoms with van der Waals surface area (Å²) in [5, 5.41) is 12.3. The molecule has 0 unspecified atom stereocenters. The number of benzene rings is 3. The van der Waals surface area contributed by atoms with Crippen molar-refractivity contribution in [3.8, 4) is 11.4 Å². The summed E-state index contributed by atoms with van der Waals surface area (Å²) in [6, 6.07) is 16.8. The van der Waals surface area contributed by atoms with Gasteiger partial charge in [0.15, 0.2) is 0 Å². The van der Waals surface area contributed by atoms with E-state index in [0.29, 0.717) is 37.5 Å². The molecule has 1 N–H and O–H groups in total. The molecule has 3 aromatic carbocycles. The molecule has 1 aromatic heterocycles. The minimum absolute atomic E-state index is 0.287. The quantitative estimate of drug-likeness (QED) is 0.309. The van der Waals surface area contributed by atoms with Gasteiger partial charge < -0.3 is 10.1 Å². The summed E-state index contributed by atoms with van der Waals surface area (Å²) in [5.41, 5.74) is 4.39. The largest absolute Gasteiger partial charge is 0.496 e. The molecular formula is C24H22BrClN4O2. The Balaban J connectivity index is 1.57. The van der Waals surface area contributed by atoms with Gasteiger partial charge in [-0.05, 0) is 76.8 Å². The van der Waals surface area contributed by atoms with Crippen LogP contribution in [0, 0.1) is 0 Å². The van der Waals surface area contributed by atoms with E-state index in [-0.39, 0.29) is 5.91 Å². The number of aryl methyl sites for hydroxylation is 1. The zero-order valence-corrected chi connectivity index (χ0v) is 20.1. The number of carbonyl (C=O) groups is 1. The summed E-state index contributed by atoms with van der Waals surface area (Å²) >= 11 is 9.81. The number of unbranched alkanes of at least 4 members (excludes halogenated alkanes) is 1. The second-order valence-electron chi connectivity index (χ2n) is 7.38. The third-order valence-electron chi connectivity index (χ3n) is 5.12. The van der Waals surface area contributed by atoms with Gasteiger partial charge in [0.1, 0.15) is 16.8 Å². The number of rotatable bonds is 7. The van der Waals surface area contributed by atoms with E-state index in [4.69, 9.17) is 16.3 Å². The van der Waals surface area contributed by atoms with Crippen LogP contribution in [0.4, 0.5) is 5.69 Å². The fourth-order valence-electron chi connectivity index (χ4n) is 3.33. The van der Waals surface area contributed by atoms with Gasteiger partial charge in [-0.15, -0.1) is 10.2 Å². The van der Waals surface area contributed by atoms with E-state index in [9.17, 15) is 4.79 Å². The standard InChI is InChI=1S/C24H22BrClN4O2/c1-3-4-5-15-6-9-17(10-7-15)30-28-21-13-19(26)20(14-22(21)29-30)27-24(31)16-8-11-23(32-2)18(25)12-16/h6-14H,3-5H2,1-2H3,(H,27,31). The van der Waals surface area contributed by atoms with Crippen LogP contribution in [-0.2, 0) is 6.42 Å². The molecule has 4 aromatic rings. The first-order valence-corrected chi connectivity index (χ1v) is 11.5. The van der Waals surface area contributed by atoms with E-state index < -0.39 is 0 Å². The van der Waals surface area contributed by atoms with Gasteiger partial charge in [-0.2, -0.15) is 4.80 Å². The molecule has 1 heterocycles. The Morgan fingerprint density at radius 3 is 2.47 bits per heavy atom. The first-order chi connectivity index (χ1) is 15.5. The van der Waals surface area contributed by atoms with Crippen LogP contribution >= 0.6 is 27.5 Å². The Hall–Kier alpha value is -2.90. The molecule has 0 atom stereocenters. The van der Waals surface area contributed by atoms with Crippen molar-refractivity contribution in [3.63, 3.8) is 0 Å². The molecule has 8 heteroatoms. The fraction of sp³-hybridized carbons (Fsp3) is 0.208. The smallest absolute Gasteiger partial charge is 0.255 e. The zero-order valence-electron chi connectivity index (χ0n) is 17.7. The Kier molecular flexibility index (Phi) is 6.77. The summed E-state index contributed by atoms with van der Waals surface area (Å²) in [6.45, 7) is 2.19. The number of anilines is 1. The molecule has 32 heavy (non-hydrogen) atoms. The highest BCUT2D eigenvalue weighted by molar-refractivity contribution is 9.10. The topological polar surface area (TPSA) is 69.0 Å². The van der Waals surface area contributed by atoms with E-state index in [2.05, 4.69) is 50.5 Å². The molecule has 0 saturated heterocycles. The van der Waals surface area contributed by atoms with Crippen LogP contribution in [0.3, 0.4) is 0 Å². The van der Waals surface area contributed by atoms with Crippen LogP contribution < -0.4 is 10.1 Å². The number of hydrogen-bond acceptors (Lipinski definition) is 4. The number of ether oxygens (including phenoxy) is 1. The predicted octanol–water partition coefficient (Wildman–Crippen LogP) is 6.44. The molecule has 0 aliphatic rings. The Morgan fingerprint density at radius 2 is 1.81 bits per heavy atom. The summed E-state index contributed by atoms with van der Waals surface area (Å²) < 4.78 is 5.90. The van der Waals surface area contributed by atoms with Crippen molar-refractivity contribution >= 4 is 50.2 Å². The molecule has 0 aliphatic heterocycles. The number of nitrogens with zero attached hydrogens (tertiary/aromatic N) is 3. The van der Waals surface area contributed by atoms with Crippen LogP contribution in [0.15, 0.2) is 59.1 Å². The van der Waals surface area contributed by atoms with Crippen LogP contribution in [0.5, 0.6) is 5.75 Å². The van der Waals surface area contributed by atoms with Crippen LogP contribution in [0.1, 0.15) is 35.7 Å². The molecule has 6 nitrogen and oxygen atoms in total. The second-order valence-corrected chi connectivity index (χ2v) is 8.65. The van der Waals surface area contributed by atoms with Crippen molar-refractivity contribution in [2.75, 3.05) is 12.4 Å². The lowest BCUT2D eigenvalue weighted by atomic mass is 10.1. The van der Waals surface area contributed by atoms with Crippen molar-refractivity contribution in [1.29, 1.82) is 0 Å². The predicted molar refractivity (Wildman–Crippen MR) is 131 cm³/mol. The number of halogens is 2. The maximum Gasteiger partial charge on any atom is 0.255 e. The number of nitrogens with one attached hydrogen (secondary N) is 1. The van der Waals surface area contributed by atoms with Gasteiger partial charge in [0.2, 0.25) is 0 Å². The molecule has 0 radical (unpaired) electrons. The zero-order chi connectivity index (χ0) is 22.7. The number of methoxy groups -OCH3 is 1. The third-order valence-corrected chi connectivity index (χ3v) is 6.05. The van der Waals surface area contributed by atoms with Crippen LogP contribution in [0.25, 0.3) is 16.7 Å². The summed E-state index contributed by atoms with van der Waals surface area (Å²) in [6.07, 6.45) is 3.40. The number of amides is 1. The van der Waals surface area contributed by atoms with Crippen LogP contribution in [-0.4, -0.2) is 28.0 Å². The van der Waals surface area contributed by atoms with Gasteiger partial charge in [-0.25, -0.2) is 0 Å². The molecule has 4 rings (SSSR count). The molecule has 0 spiro atoms. The summed E-state index contributed by atoms with van der Waals surface area (Å²) in [4.78, 5) is 14.3. The second kappa shape index (κ2) is 9.71. The Morgan fingerprint density at radius 1 is 1.09 bits per heavy atom. The minimum Gasteiger partial charge on any atom is -0.496 e. The highest BCUT2D eigenvalue weighted by atomic mass is 79.9. The number of aromatic nitrogens is 3. The Labute approximate surface area is 199 Å². The van der Waals surface area contributed by atoms with Crippen molar-refractivity contribution in [3.05, 3.63) is 75.2 Å². The van der Waals surface area contributed by atoms with E-state index in [1.807, 2.05) is 12.1 Å². The Bertz CT molecular complexity index is 1270. The SMILES string of the molecule is CCCCc1ccc(-n2nc3cc(Cl)c(NC(=O)c4ccc(OC)c(Br)c4)cc3n2)cc1. The molecule has 1 amide bonds. The molecule has 0 aliphatic carbocycles. The van der Waals surface area contributed by atoms with E-state index in [0.717, 1.165) is 12.1 Å². The van der Waals surface area contributed by atoms with E-state index in [1.54, 1.807) is 42.2 Å². The highest BCUT2D eigenvalue weighted by Gasteiger charge is 2.14. The van der Waals surface area contributed by atoms with E-state index >= 15 is 0 Å². The molecule has 0 fully saturated rings.